The van der Waals surface area contributed by atoms with E-state index in [1.807, 2.05) is 51.1 Å². The Bertz CT molecular complexity index is 1020. The number of H-pyrrole nitrogens is 1. The monoisotopic (exact) mass is 350 g/mol. The first-order valence-corrected chi connectivity index (χ1v) is 8.71. The number of aryl methyl sites for hydroxylation is 3. The van der Waals surface area contributed by atoms with Crippen LogP contribution in [0.5, 0.6) is 5.75 Å². The lowest BCUT2D eigenvalue weighted by molar-refractivity contribution is -0.134. The zero-order chi connectivity index (χ0) is 18.7. The molecule has 3 rings (SSSR count). The third-order valence-electron chi connectivity index (χ3n) is 4.55. The predicted octanol–water partition coefficient (Wildman–Crippen LogP) is 3.78. The number of carbonyl (C=O) groups is 1. The van der Waals surface area contributed by atoms with Crippen LogP contribution in [0.15, 0.2) is 41.2 Å². The highest BCUT2D eigenvalue weighted by Gasteiger charge is 2.12. The summed E-state index contributed by atoms with van der Waals surface area (Å²) in [5.41, 5.74) is 3.54. The molecule has 1 aromatic heterocycles. The molecule has 0 unspecified atom stereocenters. The lowest BCUT2D eigenvalue weighted by Crippen LogP contribution is -2.13. The van der Waals surface area contributed by atoms with Crippen LogP contribution in [0.4, 0.5) is 0 Å². The lowest BCUT2D eigenvalue weighted by atomic mass is 10.1. The number of aromatic nitrogens is 2. The number of esters is 1. The van der Waals surface area contributed by atoms with E-state index in [2.05, 4.69) is 9.97 Å². The molecule has 0 bridgehead atoms. The van der Waals surface area contributed by atoms with E-state index in [0.29, 0.717) is 35.3 Å². The Hall–Kier alpha value is -2.95. The molecule has 0 aliphatic carbocycles. The van der Waals surface area contributed by atoms with Crippen LogP contribution in [-0.4, -0.2) is 15.9 Å². The molecule has 0 amide bonds. The van der Waals surface area contributed by atoms with E-state index in [-0.39, 0.29) is 17.9 Å². The van der Waals surface area contributed by atoms with Crippen molar-refractivity contribution >= 4 is 16.9 Å². The number of benzene rings is 2. The van der Waals surface area contributed by atoms with Crippen LogP contribution in [0.25, 0.3) is 10.9 Å². The highest BCUT2D eigenvalue weighted by atomic mass is 16.5. The minimum atomic E-state index is -0.273. The van der Waals surface area contributed by atoms with E-state index < -0.39 is 0 Å². The second-order valence-corrected chi connectivity index (χ2v) is 6.51. The van der Waals surface area contributed by atoms with Crippen molar-refractivity contribution in [1.82, 2.24) is 9.97 Å². The van der Waals surface area contributed by atoms with Crippen molar-refractivity contribution in [2.75, 3.05) is 0 Å². The summed E-state index contributed by atoms with van der Waals surface area (Å²) in [5.74, 6) is 0.960. The molecule has 26 heavy (non-hydrogen) atoms. The summed E-state index contributed by atoms with van der Waals surface area (Å²) in [6, 6.07) is 11.2. The molecule has 0 aliphatic heterocycles. The first-order valence-electron chi connectivity index (χ1n) is 8.71. The molecular weight excluding hydrogens is 328 g/mol. The molecule has 0 spiro atoms. The molecule has 0 fully saturated rings. The van der Waals surface area contributed by atoms with Crippen molar-refractivity contribution in [1.29, 1.82) is 0 Å². The topological polar surface area (TPSA) is 72.0 Å². The average molecular weight is 350 g/mol. The summed E-state index contributed by atoms with van der Waals surface area (Å²) in [5, 5.41) is 0.570. The second kappa shape index (κ2) is 7.52. The van der Waals surface area contributed by atoms with Crippen molar-refractivity contribution < 1.29 is 9.53 Å². The zero-order valence-electron chi connectivity index (χ0n) is 15.3. The Morgan fingerprint density at radius 1 is 1.08 bits per heavy atom. The van der Waals surface area contributed by atoms with Crippen LogP contribution in [-0.2, 0) is 11.2 Å². The van der Waals surface area contributed by atoms with Crippen LogP contribution < -0.4 is 10.3 Å². The molecule has 0 saturated heterocycles. The molecule has 134 valence electrons. The number of fused-ring (bicyclic) bond motifs is 1. The van der Waals surface area contributed by atoms with Gasteiger partial charge in [0.05, 0.1) is 10.9 Å². The first kappa shape index (κ1) is 17.9. The number of hydrogen-bond donors (Lipinski definition) is 1. The second-order valence-electron chi connectivity index (χ2n) is 6.51. The van der Waals surface area contributed by atoms with E-state index in [4.69, 9.17) is 4.74 Å². The maximum atomic E-state index is 12.2. The highest BCUT2D eigenvalue weighted by Crippen LogP contribution is 2.26. The number of ether oxygens (including phenoxy) is 1. The standard InChI is InChI=1S/C21H22N2O3/c1-13-11-12-14(2)20(15(13)3)26-19(24)10-6-9-18-22-17-8-5-4-7-16(17)21(25)23-18/h4-5,7-8,11-12H,6,9-10H2,1-3H3,(H,22,23,25). The van der Waals surface area contributed by atoms with Crippen molar-refractivity contribution in [3.63, 3.8) is 0 Å². The summed E-state index contributed by atoms with van der Waals surface area (Å²) >= 11 is 0. The van der Waals surface area contributed by atoms with Gasteiger partial charge in [0.25, 0.3) is 5.56 Å². The molecule has 0 atom stereocenters. The van der Waals surface area contributed by atoms with Gasteiger partial charge in [-0.3, -0.25) is 9.59 Å². The number of para-hydroxylation sites is 1. The van der Waals surface area contributed by atoms with Crippen molar-refractivity contribution in [3.05, 3.63) is 69.3 Å². The van der Waals surface area contributed by atoms with Crippen molar-refractivity contribution in [2.45, 2.75) is 40.0 Å². The lowest BCUT2D eigenvalue weighted by Gasteiger charge is -2.12. The van der Waals surface area contributed by atoms with E-state index in [1.165, 1.54) is 0 Å². The van der Waals surface area contributed by atoms with Crippen LogP contribution in [0.3, 0.4) is 0 Å². The maximum absolute atomic E-state index is 12.2. The summed E-state index contributed by atoms with van der Waals surface area (Å²) in [6.07, 6.45) is 1.34. The number of nitrogens with one attached hydrogen (secondary N) is 1. The van der Waals surface area contributed by atoms with Gasteiger partial charge in [-0.15, -0.1) is 0 Å². The summed E-state index contributed by atoms with van der Waals surface area (Å²) < 4.78 is 5.56. The maximum Gasteiger partial charge on any atom is 0.311 e. The predicted molar refractivity (Wildman–Crippen MR) is 102 cm³/mol. The number of hydrogen-bond acceptors (Lipinski definition) is 4. The van der Waals surface area contributed by atoms with Gasteiger partial charge < -0.3 is 9.72 Å². The van der Waals surface area contributed by atoms with Crippen molar-refractivity contribution in [3.8, 4) is 5.75 Å². The zero-order valence-corrected chi connectivity index (χ0v) is 15.3. The molecule has 0 saturated carbocycles. The van der Waals surface area contributed by atoms with Gasteiger partial charge in [0.1, 0.15) is 11.6 Å². The van der Waals surface area contributed by atoms with Gasteiger partial charge in [-0.05, 0) is 56.0 Å². The van der Waals surface area contributed by atoms with Crippen LogP contribution in [0.1, 0.15) is 35.4 Å². The number of nitrogens with zero attached hydrogens (tertiary/aromatic N) is 1. The Morgan fingerprint density at radius 3 is 2.62 bits per heavy atom. The quantitative estimate of drug-likeness (QED) is 0.561. The highest BCUT2D eigenvalue weighted by molar-refractivity contribution is 5.77. The Balaban J connectivity index is 1.63. The Kier molecular flexibility index (Phi) is 5.16. The Labute approximate surface area is 152 Å². The van der Waals surface area contributed by atoms with Gasteiger partial charge in [-0.1, -0.05) is 24.3 Å². The fourth-order valence-electron chi connectivity index (χ4n) is 2.90. The molecular formula is C21H22N2O3. The molecule has 1 heterocycles. The number of rotatable bonds is 5. The van der Waals surface area contributed by atoms with E-state index in [0.717, 1.165) is 16.7 Å². The first-order chi connectivity index (χ1) is 12.5. The number of carbonyl (C=O) groups excluding carboxylic acids is 1. The minimum Gasteiger partial charge on any atom is -0.426 e. The van der Waals surface area contributed by atoms with Gasteiger partial charge in [0.15, 0.2) is 0 Å². The average Bonchev–Trinajstić information content (AvgIpc) is 2.62. The molecule has 0 aliphatic rings. The normalized spacial score (nSPS) is 10.9. The Morgan fingerprint density at radius 2 is 1.81 bits per heavy atom. The summed E-state index contributed by atoms with van der Waals surface area (Å²) in [4.78, 5) is 31.5. The molecule has 5 nitrogen and oxygen atoms in total. The number of aromatic amines is 1. The van der Waals surface area contributed by atoms with Gasteiger partial charge in [0.2, 0.25) is 0 Å². The summed E-state index contributed by atoms with van der Waals surface area (Å²) in [6.45, 7) is 5.88. The van der Waals surface area contributed by atoms with E-state index in [1.54, 1.807) is 6.07 Å². The van der Waals surface area contributed by atoms with Crippen LogP contribution >= 0.6 is 0 Å². The fraction of sp³-hybridized carbons (Fsp3) is 0.286. The third-order valence-corrected chi connectivity index (χ3v) is 4.55. The molecule has 1 N–H and O–H groups in total. The van der Waals surface area contributed by atoms with Crippen LogP contribution in [0, 0.1) is 20.8 Å². The van der Waals surface area contributed by atoms with Gasteiger partial charge in [-0.25, -0.2) is 4.98 Å². The SMILES string of the molecule is Cc1ccc(C)c(OC(=O)CCCc2nc3ccccc3c(=O)[nH]2)c1C. The largest absolute Gasteiger partial charge is 0.426 e. The van der Waals surface area contributed by atoms with Gasteiger partial charge in [0, 0.05) is 12.8 Å². The fourth-order valence-corrected chi connectivity index (χ4v) is 2.90. The third kappa shape index (κ3) is 3.82. The molecule has 0 radical (unpaired) electrons. The van der Waals surface area contributed by atoms with Crippen LogP contribution in [0.2, 0.25) is 0 Å². The molecule has 2 aromatic carbocycles. The smallest absolute Gasteiger partial charge is 0.311 e. The molecule has 3 aromatic rings. The van der Waals surface area contributed by atoms with E-state index in [9.17, 15) is 9.59 Å². The molecule has 5 heteroatoms. The van der Waals surface area contributed by atoms with Crippen molar-refractivity contribution in [2.24, 2.45) is 0 Å². The van der Waals surface area contributed by atoms with E-state index >= 15 is 0 Å². The van der Waals surface area contributed by atoms with Gasteiger partial charge >= 0.3 is 5.97 Å². The summed E-state index contributed by atoms with van der Waals surface area (Å²) in [7, 11) is 0. The van der Waals surface area contributed by atoms with Gasteiger partial charge in [-0.2, -0.15) is 0 Å². The minimum absolute atomic E-state index is 0.154.